The zero-order chi connectivity index (χ0) is 21.4. The molecule has 2 heterocycles. The number of nitrogens with one attached hydrogen (secondary N) is 1. The van der Waals surface area contributed by atoms with E-state index < -0.39 is 10.0 Å². The van der Waals surface area contributed by atoms with Crippen LogP contribution in [0.2, 0.25) is 0 Å². The number of sulfonamides is 1. The molecular formula is C18H33N7O3S. The average Bonchev–Trinajstić information content (AvgIpc) is 3.00. The van der Waals surface area contributed by atoms with Crippen LogP contribution in [0, 0.1) is 6.92 Å². The number of piperazine rings is 1. The zero-order valence-electron chi connectivity index (χ0n) is 17.8. The maximum Gasteiger partial charge on any atom is 0.216 e. The van der Waals surface area contributed by atoms with E-state index in [-0.39, 0.29) is 18.5 Å². The van der Waals surface area contributed by atoms with Gasteiger partial charge in [-0.05, 0) is 20.8 Å². The maximum atomic E-state index is 12.5. The first-order valence-corrected chi connectivity index (χ1v) is 11.4. The summed E-state index contributed by atoms with van der Waals surface area (Å²) in [6, 6.07) is 0. The van der Waals surface area contributed by atoms with E-state index >= 15 is 0 Å². The van der Waals surface area contributed by atoms with Gasteiger partial charge < -0.3 is 19.5 Å². The predicted octanol–water partition coefficient (Wildman–Crippen LogP) is 0.128. The van der Waals surface area contributed by atoms with Crippen molar-refractivity contribution >= 4 is 16.0 Å². The second kappa shape index (κ2) is 10.7. The quantitative estimate of drug-likeness (QED) is 0.339. The lowest BCUT2D eigenvalue weighted by atomic mass is 10.4. The van der Waals surface area contributed by atoms with Crippen LogP contribution < -0.4 is 5.32 Å². The van der Waals surface area contributed by atoms with Gasteiger partial charge in [0, 0.05) is 39.8 Å². The molecule has 1 aliphatic heterocycles. The summed E-state index contributed by atoms with van der Waals surface area (Å²) in [4.78, 5) is 6.72. The molecule has 0 saturated carbocycles. The molecule has 0 unspecified atom stereocenters. The van der Waals surface area contributed by atoms with Crippen molar-refractivity contribution in [2.75, 3.05) is 45.1 Å². The van der Waals surface area contributed by atoms with Crippen LogP contribution in [0.4, 0.5) is 0 Å². The van der Waals surface area contributed by atoms with Gasteiger partial charge in [0.1, 0.15) is 12.4 Å². The third-order valence-electron chi connectivity index (χ3n) is 4.68. The summed E-state index contributed by atoms with van der Waals surface area (Å²) in [5.74, 6) is 2.32. The molecule has 0 aromatic carbocycles. The lowest BCUT2D eigenvalue weighted by molar-refractivity contribution is 0.0904. The Hall–Kier alpha value is -1.98. The lowest BCUT2D eigenvalue weighted by Crippen LogP contribution is -2.54. The number of hydrogen-bond donors (Lipinski definition) is 1. The van der Waals surface area contributed by atoms with Crippen LogP contribution in [0.1, 0.15) is 25.5 Å². The molecule has 29 heavy (non-hydrogen) atoms. The van der Waals surface area contributed by atoms with E-state index in [1.807, 2.05) is 32.4 Å². The highest BCUT2D eigenvalue weighted by Gasteiger charge is 2.28. The minimum atomic E-state index is -3.32. The highest BCUT2D eigenvalue weighted by molar-refractivity contribution is 7.89. The molecule has 1 aromatic heterocycles. The number of ether oxygens (including phenoxy) is 1. The van der Waals surface area contributed by atoms with E-state index in [1.165, 1.54) is 4.31 Å². The summed E-state index contributed by atoms with van der Waals surface area (Å²) in [6.07, 6.45) is 1.78. The molecular weight excluding hydrogens is 394 g/mol. The number of rotatable bonds is 9. The summed E-state index contributed by atoms with van der Waals surface area (Å²) in [7, 11) is -1.41. The predicted molar refractivity (Wildman–Crippen MR) is 113 cm³/mol. The third-order valence-corrected chi connectivity index (χ3v) is 6.52. The fourth-order valence-corrected chi connectivity index (χ4v) is 4.15. The van der Waals surface area contributed by atoms with Gasteiger partial charge in [-0.25, -0.2) is 13.4 Å². The van der Waals surface area contributed by atoms with Crippen LogP contribution in [0.25, 0.3) is 0 Å². The Morgan fingerprint density at radius 1 is 1.31 bits per heavy atom. The standard InChI is InChI=1S/C18H33N7O3S/c1-6-7-19-18(20-14-17-22-21-16(4)23(17)5)24-8-10-25(11-9-24)29(26,27)13-12-28-15(2)3/h6,15H,1,7-14H2,2-5H3,(H,19,20). The van der Waals surface area contributed by atoms with Gasteiger partial charge in [0.2, 0.25) is 10.0 Å². The SMILES string of the molecule is C=CCNC(=NCc1nnc(C)n1C)N1CCN(S(=O)(=O)CCOC(C)C)CC1. The first-order chi connectivity index (χ1) is 13.7. The molecule has 1 N–H and O–H groups in total. The molecule has 1 saturated heterocycles. The van der Waals surface area contributed by atoms with Crippen LogP contribution in [0.5, 0.6) is 0 Å². The van der Waals surface area contributed by atoms with E-state index in [4.69, 9.17) is 4.74 Å². The van der Waals surface area contributed by atoms with Gasteiger partial charge >= 0.3 is 0 Å². The van der Waals surface area contributed by atoms with Crippen molar-refractivity contribution in [1.29, 1.82) is 0 Å². The van der Waals surface area contributed by atoms with Crippen molar-refractivity contribution in [1.82, 2.24) is 29.3 Å². The van der Waals surface area contributed by atoms with Crippen molar-refractivity contribution in [2.24, 2.45) is 12.0 Å². The van der Waals surface area contributed by atoms with E-state index in [0.717, 1.165) is 11.6 Å². The van der Waals surface area contributed by atoms with Crippen molar-refractivity contribution in [3.8, 4) is 0 Å². The van der Waals surface area contributed by atoms with E-state index in [9.17, 15) is 8.42 Å². The molecule has 0 aliphatic carbocycles. The molecule has 1 fully saturated rings. The molecule has 10 nitrogen and oxygen atoms in total. The molecule has 11 heteroatoms. The molecule has 0 atom stereocenters. The van der Waals surface area contributed by atoms with Crippen LogP contribution in [-0.2, 0) is 28.4 Å². The smallest absolute Gasteiger partial charge is 0.216 e. The van der Waals surface area contributed by atoms with Gasteiger partial charge in [-0.3, -0.25) is 0 Å². The second-order valence-corrected chi connectivity index (χ2v) is 9.24. The number of aromatic nitrogens is 3. The summed E-state index contributed by atoms with van der Waals surface area (Å²) in [5.41, 5.74) is 0. The highest BCUT2D eigenvalue weighted by atomic mass is 32.2. The highest BCUT2D eigenvalue weighted by Crippen LogP contribution is 2.10. The van der Waals surface area contributed by atoms with Crippen LogP contribution >= 0.6 is 0 Å². The number of hydrogen-bond acceptors (Lipinski definition) is 6. The molecule has 0 spiro atoms. The summed E-state index contributed by atoms with van der Waals surface area (Å²) < 4.78 is 33.9. The first kappa shape index (κ1) is 23.3. The number of nitrogens with zero attached hydrogens (tertiary/aromatic N) is 6. The van der Waals surface area contributed by atoms with Crippen LogP contribution in [0.3, 0.4) is 0 Å². The number of aryl methyl sites for hydroxylation is 1. The van der Waals surface area contributed by atoms with Crippen molar-refractivity contribution in [3.63, 3.8) is 0 Å². The van der Waals surface area contributed by atoms with Gasteiger partial charge in [0.15, 0.2) is 11.8 Å². The summed E-state index contributed by atoms with van der Waals surface area (Å²) in [5, 5.41) is 11.4. The molecule has 1 aliphatic rings. The summed E-state index contributed by atoms with van der Waals surface area (Å²) >= 11 is 0. The maximum absolute atomic E-state index is 12.5. The summed E-state index contributed by atoms with van der Waals surface area (Å²) in [6.45, 7) is 12.5. The molecule has 0 radical (unpaired) electrons. The third kappa shape index (κ3) is 6.79. The van der Waals surface area contributed by atoms with Crippen molar-refractivity contribution in [2.45, 2.75) is 33.4 Å². The largest absolute Gasteiger partial charge is 0.378 e. The number of guanidine groups is 1. The molecule has 0 amide bonds. The number of aliphatic imine (C=N–C) groups is 1. The van der Waals surface area contributed by atoms with Gasteiger partial charge in [-0.2, -0.15) is 4.31 Å². The fraction of sp³-hybridized carbons (Fsp3) is 0.722. The van der Waals surface area contributed by atoms with E-state index in [2.05, 4.69) is 32.0 Å². The minimum Gasteiger partial charge on any atom is -0.378 e. The molecule has 0 bridgehead atoms. The van der Waals surface area contributed by atoms with Crippen LogP contribution in [0.15, 0.2) is 17.6 Å². The Balaban J connectivity index is 1.97. The minimum absolute atomic E-state index is 0.00630. The van der Waals surface area contributed by atoms with Gasteiger partial charge in [-0.15, -0.1) is 16.8 Å². The Labute approximate surface area is 173 Å². The second-order valence-electron chi connectivity index (χ2n) is 7.15. The van der Waals surface area contributed by atoms with Gasteiger partial charge in [0.25, 0.3) is 0 Å². The zero-order valence-corrected chi connectivity index (χ0v) is 18.7. The first-order valence-electron chi connectivity index (χ1n) is 9.83. The molecule has 2 rings (SSSR count). The fourth-order valence-electron chi connectivity index (χ4n) is 2.86. The van der Waals surface area contributed by atoms with Crippen molar-refractivity contribution < 1.29 is 13.2 Å². The lowest BCUT2D eigenvalue weighted by Gasteiger charge is -2.35. The Morgan fingerprint density at radius 2 is 2.00 bits per heavy atom. The molecule has 164 valence electrons. The Morgan fingerprint density at radius 3 is 2.55 bits per heavy atom. The van der Waals surface area contributed by atoms with E-state index in [0.29, 0.717) is 45.2 Å². The Kier molecular flexibility index (Phi) is 8.60. The monoisotopic (exact) mass is 427 g/mol. The topological polar surface area (TPSA) is 105 Å². The van der Waals surface area contributed by atoms with E-state index in [1.54, 1.807) is 6.08 Å². The molecule has 1 aromatic rings. The van der Waals surface area contributed by atoms with Gasteiger partial charge in [-0.1, -0.05) is 6.08 Å². The van der Waals surface area contributed by atoms with Gasteiger partial charge in [0.05, 0.1) is 18.5 Å². The average molecular weight is 428 g/mol. The normalized spacial score (nSPS) is 16.4. The van der Waals surface area contributed by atoms with Crippen LogP contribution in [-0.4, -0.2) is 89.5 Å². The van der Waals surface area contributed by atoms with Crippen molar-refractivity contribution in [3.05, 3.63) is 24.3 Å². The Bertz CT molecular complexity index is 796.